The number of hydrogen-bond acceptors (Lipinski definition) is 6. The van der Waals surface area contributed by atoms with Crippen molar-refractivity contribution in [2.75, 3.05) is 35.6 Å². The highest BCUT2D eigenvalue weighted by molar-refractivity contribution is 7.99. The lowest BCUT2D eigenvalue weighted by molar-refractivity contribution is -0.113. The average molecular weight is 493 g/mol. The first-order valence-corrected chi connectivity index (χ1v) is 13.5. The van der Waals surface area contributed by atoms with Gasteiger partial charge in [-0.05, 0) is 83.1 Å². The predicted octanol–water partition coefficient (Wildman–Crippen LogP) is 5.22. The number of piperidine rings is 1. The number of rotatable bonds is 10. The molecule has 0 spiro atoms. The maximum Gasteiger partial charge on any atom is 0.234 e. The van der Waals surface area contributed by atoms with E-state index in [0.717, 1.165) is 54.2 Å². The smallest absolute Gasteiger partial charge is 0.234 e. The van der Waals surface area contributed by atoms with Crippen molar-refractivity contribution in [1.29, 1.82) is 0 Å². The molecule has 0 unspecified atom stereocenters. The van der Waals surface area contributed by atoms with Crippen LogP contribution in [0.25, 0.3) is 5.69 Å². The predicted molar refractivity (Wildman–Crippen MR) is 144 cm³/mol. The molecule has 2 aromatic carbocycles. The summed E-state index contributed by atoms with van der Waals surface area (Å²) < 4.78 is 2.09. The molecule has 0 radical (unpaired) electrons. The molecule has 0 atom stereocenters. The standard InChI is InChI=1S/C27H36N6OS/c1-4-32(21(2)3)23-15-13-22(14-16-23)28-26(34)20-35-27-30-29-25(19-31-17-9-6-10-18-31)33(27)24-11-7-5-8-12-24/h5,7-8,11-16,21H,4,6,9-10,17-20H2,1-3H3,(H,28,34). The van der Waals surface area contributed by atoms with E-state index in [1.54, 1.807) is 0 Å². The highest BCUT2D eigenvalue weighted by Gasteiger charge is 2.19. The second-order valence-electron chi connectivity index (χ2n) is 9.17. The van der Waals surface area contributed by atoms with Gasteiger partial charge in [0.15, 0.2) is 11.0 Å². The van der Waals surface area contributed by atoms with Crippen molar-refractivity contribution in [2.24, 2.45) is 0 Å². The Labute approximate surface area is 212 Å². The molecule has 186 valence electrons. The minimum absolute atomic E-state index is 0.0563. The number of carbonyl (C=O) groups is 1. The van der Waals surface area contributed by atoms with Crippen LogP contribution in [0.1, 0.15) is 45.9 Å². The van der Waals surface area contributed by atoms with E-state index in [1.807, 2.05) is 30.3 Å². The highest BCUT2D eigenvalue weighted by Crippen LogP contribution is 2.25. The molecule has 0 saturated carbocycles. The number of hydrogen-bond donors (Lipinski definition) is 1. The summed E-state index contributed by atoms with van der Waals surface area (Å²) in [5, 5.41) is 12.7. The molecule has 1 aliphatic heterocycles. The largest absolute Gasteiger partial charge is 0.369 e. The second-order valence-corrected chi connectivity index (χ2v) is 10.1. The summed E-state index contributed by atoms with van der Waals surface area (Å²) in [5.74, 6) is 1.13. The Hall–Kier alpha value is -2.84. The molecule has 1 N–H and O–H groups in total. The highest BCUT2D eigenvalue weighted by atomic mass is 32.2. The molecule has 3 aromatic rings. The number of thioether (sulfide) groups is 1. The first kappa shape index (κ1) is 25.3. The van der Waals surface area contributed by atoms with Gasteiger partial charge in [0.1, 0.15) is 0 Å². The van der Waals surface area contributed by atoms with Gasteiger partial charge in [0.25, 0.3) is 0 Å². The number of aromatic nitrogens is 3. The number of amides is 1. The van der Waals surface area contributed by atoms with Crippen molar-refractivity contribution in [2.45, 2.75) is 57.8 Å². The minimum Gasteiger partial charge on any atom is -0.369 e. The van der Waals surface area contributed by atoms with Crippen LogP contribution in [0.2, 0.25) is 0 Å². The average Bonchev–Trinajstić information content (AvgIpc) is 3.27. The monoisotopic (exact) mass is 492 g/mol. The van der Waals surface area contributed by atoms with Crippen LogP contribution in [-0.2, 0) is 11.3 Å². The zero-order valence-corrected chi connectivity index (χ0v) is 21.8. The van der Waals surface area contributed by atoms with Crippen molar-refractivity contribution in [1.82, 2.24) is 19.7 Å². The molecule has 4 rings (SSSR count). The molecule has 7 nitrogen and oxygen atoms in total. The first-order valence-electron chi connectivity index (χ1n) is 12.6. The number of nitrogens with zero attached hydrogens (tertiary/aromatic N) is 5. The Balaban J connectivity index is 1.42. The van der Waals surface area contributed by atoms with Gasteiger partial charge in [-0.3, -0.25) is 14.3 Å². The fraction of sp³-hybridized carbons (Fsp3) is 0.444. The van der Waals surface area contributed by atoms with Crippen LogP contribution in [0, 0.1) is 0 Å². The van der Waals surface area contributed by atoms with Crippen molar-refractivity contribution >= 4 is 29.0 Å². The zero-order chi connectivity index (χ0) is 24.6. The summed E-state index contributed by atoms with van der Waals surface area (Å²) in [6.45, 7) is 10.4. The molecule has 1 aliphatic rings. The Morgan fingerprint density at radius 2 is 1.74 bits per heavy atom. The van der Waals surface area contributed by atoms with Crippen LogP contribution in [-0.4, -0.2) is 57.0 Å². The maximum atomic E-state index is 12.7. The van der Waals surface area contributed by atoms with Crippen LogP contribution in [0.5, 0.6) is 0 Å². The molecule has 1 fully saturated rings. The lowest BCUT2D eigenvalue weighted by Crippen LogP contribution is -2.30. The Kier molecular flexibility index (Phi) is 8.82. The number of benzene rings is 2. The van der Waals surface area contributed by atoms with E-state index in [0.29, 0.717) is 6.04 Å². The fourth-order valence-electron chi connectivity index (χ4n) is 4.56. The summed E-state index contributed by atoms with van der Waals surface area (Å²) >= 11 is 1.42. The number of anilines is 2. The van der Waals surface area contributed by atoms with Gasteiger partial charge in [-0.1, -0.05) is 36.4 Å². The second kappa shape index (κ2) is 12.2. The maximum absolute atomic E-state index is 12.7. The van der Waals surface area contributed by atoms with E-state index in [4.69, 9.17) is 0 Å². The fourth-order valence-corrected chi connectivity index (χ4v) is 5.33. The minimum atomic E-state index is -0.0563. The van der Waals surface area contributed by atoms with Gasteiger partial charge < -0.3 is 10.2 Å². The van der Waals surface area contributed by atoms with Gasteiger partial charge in [-0.25, -0.2) is 0 Å². The third kappa shape index (κ3) is 6.64. The van der Waals surface area contributed by atoms with E-state index < -0.39 is 0 Å². The summed E-state index contributed by atoms with van der Waals surface area (Å²) in [6, 6.07) is 18.6. The SMILES string of the molecule is CCN(c1ccc(NC(=O)CSc2nnc(CN3CCCCC3)n2-c2ccccc2)cc1)C(C)C. The quantitative estimate of drug-likeness (QED) is 0.392. The zero-order valence-electron chi connectivity index (χ0n) is 21.0. The third-order valence-corrected chi connectivity index (χ3v) is 7.24. The molecular weight excluding hydrogens is 456 g/mol. The van der Waals surface area contributed by atoms with Crippen LogP contribution in [0.4, 0.5) is 11.4 Å². The molecular formula is C27H36N6OS. The number of nitrogens with one attached hydrogen (secondary N) is 1. The molecule has 1 saturated heterocycles. The number of carbonyl (C=O) groups excluding carboxylic acids is 1. The lowest BCUT2D eigenvalue weighted by Gasteiger charge is -2.27. The van der Waals surface area contributed by atoms with Gasteiger partial charge in [-0.15, -0.1) is 10.2 Å². The van der Waals surface area contributed by atoms with Crippen molar-refractivity contribution < 1.29 is 4.79 Å². The van der Waals surface area contributed by atoms with Gasteiger partial charge in [-0.2, -0.15) is 0 Å². The van der Waals surface area contributed by atoms with Gasteiger partial charge >= 0.3 is 0 Å². The van der Waals surface area contributed by atoms with Crippen LogP contribution in [0.15, 0.2) is 59.8 Å². The van der Waals surface area contributed by atoms with Crippen molar-refractivity contribution in [3.05, 3.63) is 60.4 Å². The molecule has 0 bridgehead atoms. The van der Waals surface area contributed by atoms with E-state index in [9.17, 15) is 4.79 Å². The molecule has 35 heavy (non-hydrogen) atoms. The Morgan fingerprint density at radius 1 is 1.03 bits per heavy atom. The molecule has 0 aliphatic carbocycles. The Morgan fingerprint density at radius 3 is 2.40 bits per heavy atom. The Bertz CT molecular complexity index is 1080. The summed E-state index contributed by atoms with van der Waals surface area (Å²) in [6.07, 6.45) is 3.77. The number of para-hydroxylation sites is 1. The van der Waals surface area contributed by atoms with Gasteiger partial charge in [0, 0.05) is 29.6 Å². The van der Waals surface area contributed by atoms with Crippen molar-refractivity contribution in [3.8, 4) is 5.69 Å². The van der Waals surface area contributed by atoms with Crippen molar-refractivity contribution in [3.63, 3.8) is 0 Å². The number of likely N-dealkylation sites (tertiary alicyclic amines) is 1. The van der Waals surface area contributed by atoms with Crippen LogP contribution >= 0.6 is 11.8 Å². The molecule has 1 amide bonds. The van der Waals surface area contributed by atoms with Crippen LogP contribution in [0.3, 0.4) is 0 Å². The van der Waals surface area contributed by atoms with Gasteiger partial charge in [0.2, 0.25) is 5.91 Å². The lowest BCUT2D eigenvalue weighted by atomic mass is 10.1. The summed E-state index contributed by atoms with van der Waals surface area (Å²) in [5.41, 5.74) is 2.98. The van der Waals surface area contributed by atoms with E-state index in [2.05, 4.69) is 74.9 Å². The molecule has 1 aromatic heterocycles. The van der Waals surface area contributed by atoms with Gasteiger partial charge in [0.05, 0.1) is 12.3 Å². The van der Waals surface area contributed by atoms with E-state index in [-0.39, 0.29) is 11.7 Å². The summed E-state index contributed by atoms with van der Waals surface area (Å²) in [4.78, 5) is 17.5. The van der Waals surface area contributed by atoms with E-state index in [1.165, 1.54) is 31.0 Å². The topological polar surface area (TPSA) is 66.3 Å². The molecule has 8 heteroatoms. The van der Waals surface area contributed by atoms with E-state index >= 15 is 0 Å². The molecule has 2 heterocycles. The summed E-state index contributed by atoms with van der Waals surface area (Å²) in [7, 11) is 0. The first-order chi connectivity index (χ1) is 17.0. The van der Waals surface area contributed by atoms with Crippen LogP contribution < -0.4 is 10.2 Å². The third-order valence-electron chi connectivity index (χ3n) is 6.31. The normalized spacial score (nSPS) is 14.3.